The van der Waals surface area contributed by atoms with Crippen molar-refractivity contribution in [1.29, 1.82) is 0 Å². The van der Waals surface area contributed by atoms with Crippen LogP contribution >= 0.6 is 0 Å². The highest BCUT2D eigenvalue weighted by atomic mass is 16.5. The number of rotatable bonds is 5. The minimum Gasteiger partial charge on any atom is -0.381 e. The molecule has 0 aliphatic carbocycles. The molecule has 0 spiro atoms. The molecule has 2 atom stereocenters. The van der Waals surface area contributed by atoms with Gasteiger partial charge < -0.3 is 9.64 Å². The highest BCUT2D eigenvalue weighted by Crippen LogP contribution is 2.25. The lowest BCUT2D eigenvalue weighted by molar-refractivity contribution is -0.00335. The molecule has 1 aliphatic heterocycles. The van der Waals surface area contributed by atoms with Gasteiger partial charge in [-0.05, 0) is 45.2 Å². The first-order valence-corrected chi connectivity index (χ1v) is 9.44. The quantitative estimate of drug-likeness (QED) is 0.827. The second-order valence-electron chi connectivity index (χ2n) is 7.25. The van der Waals surface area contributed by atoms with Crippen LogP contribution in [0.15, 0.2) is 30.3 Å². The second-order valence-corrected chi connectivity index (χ2v) is 7.25. The first kappa shape index (κ1) is 18.6. The van der Waals surface area contributed by atoms with Crippen LogP contribution in [-0.4, -0.2) is 46.9 Å². The fourth-order valence-corrected chi connectivity index (χ4v) is 3.96. The number of carbonyl (C=O) groups is 1. The van der Waals surface area contributed by atoms with Crippen LogP contribution in [0.5, 0.6) is 0 Å². The third-order valence-electron chi connectivity index (χ3n) is 5.26. The first-order valence-electron chi connectivity index (χ1n) is 9.44. The number of nitrogens with zero attached hydrogens (tertiary/aromatic N) is 3. The third-order valence-corrected chi connectivity index (χ3v) is 5.26. The number of hydrogen-bond acceptors (Lipinski definition) is 3. The first-order chi connectivity index (χ1) is 12.5. The van der Waals surface area contributed by atoms with Crippen LogP contribution < -0.4 is 0 Å². The number of methoxy groups -OCH3 is 1. The van der Waals surface area contributed by atoms with E-state index in [1.165, 1.54) is 11.1 Å². The maximum Gasteiger partial charge on any atom is 0.272 e. The zero-order valence-corrected chi connectivity index (χ0v) is 16.2. The van der Waals surface area contributed by atoms with Crippen LogP contribution in [0.25, 0.3) is 0 Å². The number of ether oxygens (including phenoxy) is 1. The van der Waals surface area contributed by atoms with Gasteiger partial charge >= 0.3 is 0 Å². The van der Waals surface area contributed by atoms with Crippen molar-refractivity contribution in [2.45, 2.75) is 46.3 Å². The van der Waals surface area contributed by atoms with E-state index in [9.17, 15) is 4.79 Å². The summed E-state index contributed by atoms with van der Waals surface area (Å²) in [5.41, 5.74) is 4.15. The number of benzene rings is 1. The Morgan fingerprint density at radius 1 is 1.31 bits per heavy atom. The minimum absolute atomic E-state index is 0.0799. The molecule has 0 bridgehead atoms. The van der Waals surface area contributed by atoms with E-state index in [2.05, 4.69) is 36.3 Å². The molecule has 5 heteroatoms. The summed E-state index contributed by atoms with van der Waals surface area (Å²) >= 11 is 0. The van der Waals surface area contributed by atoms with E-state index in [4.69, 9.17) is 4.74 Å². The molecule has 140 valence electrons. The van der Waals surface area contributed by atoms with Gasteiger partial charge in [0.1, 0.15) is 5.69 Å². The Kier molecular flexibility index (Phi) is 5.77. The van der Waals surface area contributed by atoms with Crippen LogP contribution in [0, 0.1) is 19.8 Å². The average Bonchev–Trinajstić information content (AvgIpc) is 3.02. The van der Waals surface area contributed by atoms with E-state index in [1.807, 2.05) is 24.8 Å². The molecule has 1 aliphatic rings. The van der Waals surface area contributed by atoms with Crippen LogP contribution in [-0.2, 0) is 17.7 Å². The smallest absolute Gasteiger partial charge is 0.272 e. The Bertz CT molecular complexity index is 768. The molecule has 0 unspecified atom stereocenters. The SMILES string of the molecule is CCn1nc(C)cc1C(=O)N1CC[C@H](OC)[C@@H](Cc2cccc(C)c2)C1. The van der Waals surface area contributed by atoms with Gasteiger partial charge in [-0.2, -0.15) is 5.10 Å². The monoisotopic (exact) mass is 355 g/mol. The number of hydrogen-bond donors (Lipinski definition) is 0. The van der Waals surface area contributed by atoms with Gasteiger partial charge in [-0.1, -0.05) is 29.8 Å². The fraction of sp³-hybridized carbons (Fsp3) is 0.524. The van der Waals surface area contributed by atoms with Crippen molar-refractivity contribution in [2.75, 3.05) is 20.2 Å². The molecule has 1 aromatic carbocycles. The van der Waals surface area contributed by atoms with Crippen molar-refractivity contribution in [1.82, 2.24) is 14.7 Å². The maximum absolute atomic E-state index is 13.1. The molecule has 1 fully saturated rings. The number of aromatic nitrogens is 2. The van der Waals surface area contributed by atoms with E-state index >= 15 is 0 Å². The Morgan fingerprint density at radius 2 is 2.12 bits per heavy atom. The van der Waals surface area contributed by atoms with Gasteiger partial charge in [0.05, 0.1) is 11.8 Å². The summed E-state index contributed by atoms with van der Waals surface area (Å²) in [4.78, 5) is 15.0. The predicted octanol–water partition coefficient (Wildman–Crippen LogP) is 3.24. The van der Waals surface area contributed by atoms with Gasteiger partial charge in [0.25, 0.3) is 5.91 Å². The molecule has 1 aromatic heterocycles. The van der Waals surface area contributed by atoms with Crippen LogP contribution in [0.3, 0.4) is 0 Å². The number of likely N-dealkylation sites (tertiary alicyclic amines) is 1. The van der Waals surface area contributed by atoms with E-state index in [-0.39, 0.29) is 12.0 Å². The molecule has 26 heavy (non-hydrogen) atoms. The van der Waals surface area contributed by atoms with E-state index in [1.54, 1.807) is 11.8 Å². The third kappa shape index (κ3) is 3.98. The Morgan fingerprint density at radius 3 is 2.81 bits per heavy atom. The summed E-state index contributed by atoms with van der Waals surface area (Å²) in [7, 11) is 1.78. The van der Waals surface area contributed by atoms with Crippen LogP contribution in [0.4, 0.5) is 0 Å². The topological polar surface area (TPSA) is 47.4 Å². The highest BCUT2D eigenvalue weighted by Gasteiger charge is 2.33. The summed E-state index contributed by atoms with van der Waals surface area (Å²) in [5.74, 6) is 0.384. The Labute approximate surface area is 156 Å². The zero-order valence-electron chi connectivity index (χ0n) is 16.2. The Hall–Kier alpha value is -2.14. The van der Waals surface area contributed by atoms with Crippen molar-refractivity contribution in [3.05, 3.63) is 52.8 Å². The molecular formula is C21H29N3O2. The van der Waals surface area contributed by atoms with Crippen LogP contribution in [0.2, 0.25) is 0 Å². The fourth-order valence-electron chi connectivity index (χ4n) is 3.96. The predicted molar refractivity (Wildman–Crippen MR) is 102 cm³/mol. The van der Waals surface area contributed by atoms with Crippen LogP contribution in [0.1, 0.15) is 40.7 Å². The lowest BCUT2D eigenvalue weighted by Crippen LogP contribution is -2.47. The summed E-state index contributed by atoms with van der Waals surface area (Å²) in [6.07, 6.45) is 1.99. The standard InChI is InChI=1S/C21H29N3O2/c1-5-24-19(12-16(3)22-24)21(25)23-10-9-20(26-4)18(14-23)13-17-8-6-7-15(2)11-17/h6-8,11-12,18,20H,5,9-10,13-14H2,1-4H3/t18-,20-/m0/s1. The molecule has 2 aromatic rings. The number of amides is 1. The molecule has 0 saturated carbocycles. The average molecular weight is 355 g/mol. The van der Waals surface area contributed by atoms with Gasteiger partial charge in [-0.25, -0.2) is 0 Å². The summed E-state index contributed by atoms with van der Waals surface area (Å²) in [6.45, 7) is 8.22. The molecule has 0 N–H and O–H groups in total. The number of piperidine rings is 1. The molecule has 1 amide bonds. The van der Waals surface area contributed by atoms with Crippen molar-refractivity contribution in [2.24, 2.45) is 5.92 Å². The van der Waals surface area contributed by atoms with E-state index in [0.29, 0.717) is 18.2 Å². The van der Waals surface area contributed by atoms with Crippen molar-refractivity contribution in [3.63, 3.8) is 0 Å². The van der Waals surface area contributed by atoms with E-state index < -0.39 is 0 Å². The summed E-state index contributed by atoms with van der Waals surface area (Å²) in [5, 5.41) is 4.42. The molecule has 1 saturated heterocycles. The van der Waals surface area contributed by atoms with Gasteiger partial charge in [0.15, 0.2) is 0 Å². The Balaban J connectivity index is 1.76. The van der Waals surface area contributed by atoms with Gasteiger partial charge in [-0.3, -0.25) is 9.48 Å². The number of carbonyl (C=O) groups excluding carboxylic acids is 1. The summed E-state index contributed by atoms with van der Waals surface area (Å²) < 4.78 is 7.53. The molecular weight excluding hydrogens is 326 g/mol. The van der Waals surface area contributed by atoms with Gasteiger partial charge in [0.2, 0.25) is 0 Å². The number of aryl methyl sites for hydroxylation is 3. The van der Waals surface area contributed by atoms with Gasteiger partial charge in [0, 0.05) is 32.7 Å². The summed E-state index contributed by atoms with van der Waals surface area (Å²) in [6, 6.07) is 10.5. The van der Waals surface area contributed by atoms with Crippen molar-refractivity contribution >= 4 is 5.91 Å². The normalized spacial score (nSPS) is 20.4. The van der Waals surface area contributed by atoms with Crippen molar-refractivity contribution in [3.8, 4) is 0 Å². The lowest BCUT2D eigenvalue weighted by atomic mass is 9.88. The molecule has 2 heterocycles. The minimum atomic E-state index is 0.0799. The molecule has 3 rings (SSSR count). The largest absolute Gasteiger partial charge is 0.381 e. The zero-order chi connectivity index (χ0) is 18.7. The van der Waals surface area contributed by atoms with Gasteiger partial charge in [-0.15, -0.1) is 0 Å². The maximum atomic E-state index is 13.1. The molecule has 0 radical (unpaired) electrons. The lowest BCUT2D eigenvalue weighted by Gasteiger charge is -2.38. The van der Waals surface area contributed by atoms with Crippen molar-refractivity contribution < 1.29 is 9.53 Å². The molecule has 5 nitrogen and oxygen atoms in total. The highest BCUT2D eigenvalue weighted by molar-refractivity contribution is 5.92. The van der Waals surface area contributed by atoms with E-state index in [0.717, 1.165) is 31.6 Å². The second kappa shape index (κ2) is 8.04.